The summed E-state index contributed by atoms with van der Waals surface area (Å²) in [5.41, 5.74) is 3.48. The molecule has 9 nitrogen and oxygen atoms in total. The predicted molar refractivity (Wildman–Crippen MR) is 126 cm³/mol. The summed E-state index contributed by atoms with van der Waals surface area (Å²) in [6.45, 7) is 3.88. The number of hydrogen-bond donors (Lipinski definition) is 2. The SMILES string of the molecule is Cc1ccc(OCC(=O)Nc2cccc(-c3nc(CNC(=O)c4ccnn4C)c(C)o3)c2)cc1. The molecule has 0 atom stereocenters. The van der Waals surface area contributed by atoms with E-state index in [0.29, 0.717) is 40.0 Å². The van der Waals surface area contributed by atoms with Gasteiger partial charge in [0, 0.05) is 24.5 Å². The van der Waals surface area contributed by atoms with Gasteiger partial charge < -0.3 is 19.8 Å². The van der Waals surface area contributed by atoms with Gasteiger partial charge in [-0.05, 0) is 50.2 Å². The molecule has 0 aliphatic heterocycles. The normalized spacial score (nSPS) is 10.7. The lowest BCUT2D eigenvalue weighted by Crippen LogP contribution is -2.25. The number of ether oxygens (including phenoxy) is 1. The molecular weight excluding hydrogens is 434 g/mol. The molecule has 0 unspecified atom stereocenters. The zero-order chi connectivity index (χ0) is 24.1. The van der Waals surface area contributed by atoms with Gasteiger partial charge >= 0.3 is 0 Å². The van der Waals surface area contributed by atoms with Gasteiger partial charge in [0.15, 0.2) is 6.61 Å². The van der Waals surface area contributed by atoms with E-state index in [-0.39, 0.29) is 25.0 Å². The minimum atomic E-state index is -0.278. The smallest absolute Gasteiger partial charge is 0.269 e. The Hall–Kier alpha value is -4.40. The first-order valence-electron chi connectivity index (χ1n) is 10.7. The van der Waals surface area contributed by atoms with Crippen LogP contribution in [0.5, 0.6) is 5.75 Å². The molecule has 4 rings (SSSR count). The second-order valence-electron chi connectivity index (χ2n) is 7.78. The van der Waals surface area contributed by atoms with Gasteiger partial charge in [0.25, 0.3) is 11.8 Å². The summed E-state index contributed by atoms with van der Waals surface area (Å²) in [7, 11) is 1.70. The Balaban J connectivity index is 1.37. The fourth-order valence-electron chi connectivity index (χ4n) is 3.28. The highest BCUT2D eigenvalue weighted by atomic mass is 16.5. The summed E-state index contributed by atoms with van der Waals surface area (Å²) in [4.78, 5) is 29.1. The second kappa shape index (κ2) is 10.0. The summed E-state index contributed by atoms with van der Waals surface area (Å²) in [5.74, 6) is 1.10. The number of aryl methyl sites for hydroxylation is 3. The number of rotatable bonds is 8. The molecule has 0 radical (unpaired) electrons. The minimum absolute atomic E-state index is 0.105. The van der Waals surface area contributed by atoms with Gasteiger partial charge in [0.1, 0.15) is 22.9 Å². The largest absolute Gasteiger partial charge is 0.484 e. The number of carbonyl (C=O) groups is 2. The second-order valence-corrected chi connectivity index (χ2v) is 7.78. The molecule has 2 amide bonds. The average molecular weight is 460 g/mol. The molecule has 2 N–H and O–H groups in total. The summed E-state index contributed by atoms with van der Waals surface area (Å²) >= 11 is 0. The highest BCUT2D eigenvalue weighted by molar-refractivity contribution is 5.93. The first-order valence-corrected chi connectivity index (χ1v) is 10.7. The van der Waals surface area contributed by atoms with E-state index in [1.54, 1.807) is 44.4 Å². The molecule has 0 saturated carbocycles. The Labute approximate surface area is 196 Å². The van der Waals surface area contributed by atoms with E-state index >= 15 is 0 Å². The standard InChI is InChI=1S/C25H25N5O4/c1-16-7-9-20(10-8-16)33-15-23(31)28-19-6-4-5-18(13-19)25-29-21(17(2)34-25)14-26-24(32)22-11-12-27-30(22)3/h4-13H,14-15H2,1-3H3,(H,26,32)(H,28,31). The Morgan fingerprint density at radius 1 is 1.09 bits per heavy atom. The lowest BCUT2D eigenvalue weighted by molar-refractivity contribution is -0.118. The average Bonchev–Trinajstić information content (AvgIpc) is 3.42. The van der Waals surface area contributed by atoms with Gasteiger partial charge in [-0.1, -0.05) is 23.8 Å². The fraction of sp³-hybridized carbons (Fsp3) is 0.200. The maximum Gasteiger partial charge on any atom is 0.269 e. The molecule has 4 aromatic rings. The van der Waals surface area contributed by atoms with Crippen LogP contribution in [0.2, 0.25) is 0 Å². The minimum Gasteiger partial charge on any atom is -0.484 e. The van der Waals surface area contributed by atoms with Crippen LogP contribution in [0.25, 0.3) is 11.5 Å². The van der Waals surface area contributed by atoms with Crippen LogP contribution in [0.4, 0.5) is 5.69 Å². The van der Waals surface area contributed by atoms with E-state index in [2.05, 4.69) is 20.7 Å². The maximum atomic E-state index is 12.3. The number of nitrogens with one attached hydrogen (secondary N) is 2. The molecule has 174 valence electrons. The number of amides is 2. The number of carbonyl (C=O) groups excluding carboxylic acids is 2. The number of anilines is 1. The lowest BCUT2D eigenvalue weighted by Gasteiger charge is -2.08. The molecule has 9 heteroatoms. The van der Waals surface area contributed by atoms with Crippen molar-refractivity contribution in [1.82, 2.24) is 20.1 Å². The van der Waals surface area contributed by atoms with Crippen LogP contribution >= 0.6 is 0 Å². The Kier molecular flexibility index (Phi) is 6.72. The first kappa shape index (κ1) is 22.8. The van der Waals surface area contributed by atoms with Crippen molar-refractivity contribution in [3.05, 3.63) is 83.5 Å². The monoisotopic (exact) mass is 459 g/mol. The third-order valence-electron chi connectivity index (χ3n) is 5.15. The fourth-order valence-corrected chi connectivity index (χ4v) is 3.28. The van der Waals surface area contributed by atoms with Gasteiger partial charge in [-0.25, -0.2) is 4.98 Å². The highest BCUT2D eigenvalue weighted by Gasteiger charge is 2.15. The van der Waals surface area contributed by atoms with Crippen molar-refractivity contribution in [2.24, 2.45) is 7.05 Å². The van der Waals surface area contributed by atoms with Crippen LogP contribution in [-0.2, 0) is 18.4 Å². The summed E-state index contributed by atoms with van der Waals surface area (Å²) in [6.07, 6.45) is 1.56. The van der Waals surface area contributed by atoms with Crippen LogP contribution in [0, 0.1) is 13.8 Å². The molecule has 0 bridgehead atoms. The molecule has 2 aromatic carbocycles. The van der Waals surface area contributed by atoms with E-state index in [1.807, 2.05) is 37.3 Å². The van der Waals surface area contributed by atoms with E-state index in [0.717, 1.165) is 5.56 Å². The van der Waals surface area contributed by atoms with Crippen molar-refractivity contribution in [1.29, 1.82) is 0 Å². The summed E-state index contributed by atoms with van der Waals surface area (Å²) in [5, 5.41) is 9.64. The Morgan fingerprint density at radius 2 is 1.88 bits per heavy atom. The quantitative estimate of drug-likeness (QED) is 0.416. The van der Waals surface area contributed by atoms with Crippen molar-refractivity contribution in [2.45, 2.75) is 20.4 Å². The van der Waals surface area contributed by atoms with Gasteiger partial charge in [0.2, 0.25) is 5.89 Å². The maximum absolute atomic E-state index is 12.3. The topological polar surface area (TPSA) is 111 Å². The Morgan fingerprint density at radius 3 is 2.62 bits per heavy atom. The lowest BCUT2D eigenvalue weighted by atomic mass is 10.2. The zero-order valence-corrected chi connectivity index (χ0v) is 19.2. The number of aromatic nitrogens is 3. The molecule has 0 saturated heterocycles. The molecule has 0 aliphatic carbocycles. The molecule has 0 aliphatic rings. The van der Waals surface area contributed by atoms with Crippen LogP contribution in [0.15, 0.2) is 65.2 Å². The van der Waals surface area contributed by atoms with Crippen LogP contribution in [0.1, 0.15) is 27.5 Å². The summed E-state index contributed by atoms with van der Waals surface area (Å²) in [6, 6.07) is 16.3. The van der Waals surface area contributed by atoms with Crippen molar-refractivity contribution >= 4 is 17.5 Å². The van der Waals surface area contributed by atoms with Gasteiger partial charge in [0.05, 0.1) is 6.54 Å². The predicted octanol–water partition coefficient (Wildman–Crippen LogP) is 3.64. The van der Waals surface area contributed by atoms with Crippen LogP contribution < -0.4 is 15.4 Å². The molecule has 2 heterocycles. The van der Waals surface area contributed by atoms with E-state index in [1.165, 1.54) is 4.68 Å². The molecular formula is C25H25N5O4. The van der Waals surface area contributed by atoms with Gasteiger partial charge in [-0.15, -0.1) is 0 Å². The molecule has 0 fully saturated rings. The van der Waals surface area contributed by atoms with Crippen LogP contribution in [-0.4, -0.2) is 33.2 Å². The Bertz CT molecular complexity index is 1310. The van der Waals surface area contributed by atoms with Crippen molar-refractivity contribution in [3.63, 3.8) is 0 Å². The zero-order valence-electron chi connectivity index (χ0n) is 19.2. The number of nitrogens with zero attached hydrogens (tertiary/aromatic N) is 3. The van der Waals surface area contributed by atoms with Crippen molar-refractivity contribution < 1.29 is 18.7 Å². The van der Waals surface area contributed by atoms with Crippen molar-refractivity contribution in [2.75, 3.05) is 11.9 Å². The molecule has 0 spiro atoms. The van der Waals surface area contributed by atoms with Crippen LogP contribution in [0.3, 0.4) is 0 Å². The van der Waals surface area contributed by atoms with Gasteiger partial charge in [-0.2, -0.15) is 5.10 Å². The molecule has 34 heavy (non-hydrogen) atoms. The molecule has 2 aromatic heterocycles. The first-order chi connectivity index (χ1) is 16.4. The van der Waals surface area contributed by atoms with E-state index in [4.69, 9.17) is 9.15 Å². The van der Waals surface area contributed by atoms with Gasteiger partial charge in [-0.3, -0.25) is 14.3 Å². The van der Waals surface area contributed by atoms with Crippen molar-refractivity contribution in [3.8, 4) is 17.2 Å². The van der Waals surface area contributed by atoms with E-state index < -0.39 is 0 Å². The highest BCUT2D eigenvalue weighted by Crippen LogP contribution is 2.24. The summed E-state index contributed by atoms with van der Waals surface area (Å²) < 4.78 is 12.8. The number of benzene rings is 2. The third kappa shape index (κ3) is 5.50. The third-order valence-corrected chi connectivity index (χ3v) is 5.15. The van der Waals surface area contributed by atoms with E-state index in [9.17, 15) is 9.59 Å². The number of hydrogen-bond acceptors (Lipinski definition) is 6. The number of oxazole rings is 1.